The van der Waals surface area contributed by atoms with Crippen LogP contribution in [0.4, 0.5) is 11.5 Å². The topological polar surface area (TPSA) is 51.4 Å². The summed E-state index contributed by atoms with van der Waals surface area (Å²) in [6, 6.07) is 3.89. The van der Waals surface area contributed by atoms with E-state index < -0.39 is 0 Å². The Morgan fingerprint density at radius 3 is 2.55 bits per heavy atom. The Bertz CT molecular complexity index is 451. The molecule has 1 aliphatic heterocycles. The second-order valence-electron chi connectivity index (χ2n) is 6.38. The van der Waals surface area contributed by atoms with Crippen LogP contribution in [-0.2, 0) is 0 Å². The van der Waals surface area contributed by atoms with Crippen molar-refractivity contribution in [2.24, 2.45) is 5.41 Å². The summed E-state index contributed by atoms with van der Waals surface area (Å²) in [5.74, 6) is 1.54. The van der Waals surface area contributed by atoms with Gasteiger partial charge in [-0.25, -0.2) is 0 Å². The fourth-order valence-electron chi connectivity index (χ4n) is 2.56. The maximum absolute atomic E-state index is 5.93. The summed E-state index contributed by atoms with van der Waals surface area (Å²) in [6.45, 7) is 10.8. The predicted molar refractivity (Wildman–Crippen MR) is 84.3 cm³/mol. The number of hydrogen-bond donors (Lipinski definition) is 1. The van der Waals surface area contributed by atoms with Gasteiger partial charge in [0, 0.05) is 13.1 Å². The van der Waals surface area contributed by atoms with E-state index in [1.807, 2.05) is 26.0 Å². The lowest BCUT2D eigenvalue weighted by Crippen LogP contribution is -2.38. The van der Waals surface area contributed by atoms with E-state index in [0.29, 0.717) is 17.0 Å². The van der Waals surface area contributed by atoms with Crippen molar-refractivity contribution in [3.8, 4) is 5.88 Å². The molecule has 20 heavy (non-hydrogen) atoms. The molecule has 0 saturated carbocycles. The SMILES string of the molecule is CCC1(C)CCN(c2ccc(N)c(OC(C)C)n2)CC1. The van der Waals surface area contributed by atoms with Crippen LogP contribution in [0.1, 0.15) is 47.0 Å². The van der Waals surface area contributed by atoms with Crippen LogP contribution in [0.3, 0.4) is 0 Å². The Hall–Kier alpha value is -1.45. The highest BCUT2D eigenvalue weighted by atomic mass is 16.5. The monoisotopic (exact) mass is 277 g/mol. The molecule has 1 aromatic heterocycles. The number of aromatic nitrogens is 1. The highest BCUT2D eigenvalue weighted by molar-refractivity contribution is 5.54. The van der Waals surface area contributed by atoms with Crippen LogP contribution in [0.25, 0.3) is 0 Å². The van der Waals surface area contributed by atoms with Crippen LogP contribution in [-0.4, -0.2) is 24.2 Å². The second-order valence-corrected chi connectivity index (χ2v) is 6.38. The smallest absolute Gasteiger partial charge is 0.239 e. The Labute approximate surface area is 122 Å². The molecule has 4 nitrogen and oxygen atoms in total. The molecule has 0 amide bonds. The molecule has 0 spiro atoms. The number of piperidine rings is 1. The molecule has 1 saturated heterocycles. The Morgan fingerprint density at radius 2 is 2.00 bits per heavy atom. The standard InChI is InChI=1S/C16H27N3O/c1-5-16(4)8-10-19(11-9-16)14-7-6-13(17)15(18-14)20-12(2)3/h6-7,12H,5,8-11,17H2,1-4H3. The van der Waals surface area contributed by atoms with Gasteiger partial charge >= 0.3 is 0 Å². The molecule has 4 heteroatoms. The van der Waals surface area contributed by atoms with E-state index in [0.717, 1.165) is 18.9 Å². The van der Waals surface area contributed by atoms with E-state index in [2.05, 4.69) is 23.7 Å². The van der Waals surface area contributed by atoms with Gasteiger partial charge in [0.2, 0.25) is 5.88 Å². The van der Waals surface area contributed by atoms with Gasteiger partial charge in [0.15, 0.2) is 0 Å². The van der Waals surface area contributed by atoms with Crippen LogP contribution < -0.4 is 15.4 Å². The van der Waals surface area contributed by atoms with E-state index in [1.54, 1.807) is 0 Å². The van der Waals surface area contributed by atoms with Crippen LogP contribution >= 0.6 is 0 Å². The normalized spacial score (nSPS) is 18.4. The molecule has 0 aliphatic carbocycles. The molecule has 0 atom stereocenters. The summed E-state index contributed by atoms with van der Waals surface area (Å²) in [5, 5.41) is 0. The number of nitrogens with two attached hydrogens (primary N) is 1. The Morgan fingerprint density at radius 1 is 1.35 bits per heavy atom. The summed E-state index contributed by atoms with van der Waals surface area (Å²) in [5.41, 5.74) is 7.02. The average Bonchev–Trinajstić information content (AvgIpc) is 2.42. The van der Waals surface area contributed by atoms with Gasteiger partial charge in [-0.15, -0.1) is 0 Å². The van der Waals surface area contributed by atoms with Crippen molar-refractivity contribution in [2.45, 2.75) is 53.1 Å². The number of nitrogens with zero attached hydrogens (tertiary/aromatic N) is 2. The lowest BCUT2D eigenvalue weighted by atomic mass is 9.78. The number of rotatable bonds is 4. The van der Waals surface area contributed by atoms with Crippen molar-refractivity contribution >= 4 is 11.5 Å². The molecule has 1 aromatic rings. The van der Waals surface area contributed by atoms with E-state index in [1.165, 1.54) is 19.3 Å². The van der Waals surface area contributed by atoms with Crippen molar-refractivity contribution in [1.82, 2.24) is 4.98 Å². The summed E-state index contributed by atoms with van der Waals surface area (Å²) in [7, 11) is 0. The minimum atomic E-state index is 0.0878. The van der Waals surface area contributed by atoms with Crippen molar-refractivity contribution in [3.05, 3.63) is 12.1 Å². The minimum Gasteiger partial charge on any atom is -0.473 e. The van der Waals surface area contributed by atoms with Gasteiger partial charge in [-0.1, -0.05) is 20.3 Å². The fourth-order valence-corrected chi connectivity index (χ4v) is 2.56. The molecule has 0 radical (unpaired) electrons. The first kappa shape index (κ1) is 14.9. The molecule has 0 unspecified atom stereocenters. The molecule has 1 fully saturated rings. The van der Waals surface area contributed by atoms with Crippen molar-refractivity contribution in [3.63, 3.8) is 0 Å². The van der Waals surface area contributed by atoms with Crippen LogP contribution in [0.5, 0.6) is 5.88 Å². The summed E-state index contributed by atoms with van der Waals surface area (Å²) >= 11 is 0. The highest BCUT2D eigenvalue weighted by Gasteiger charge is 2.28. The molecule has 0 bridgehead atoms. The molecular formula is C16H27N3O. The third kappa shape index (κ3) is 3.35. The number of pyridine rings is 1. The lowest BCUT2D eigenvalue weighted by molar-refractivity contribution is 0.230. The largest absolute Gasteiger partial charge is 0.473 e. The number of ether oxygens (including phenoxy) is 1. The van der Waals surface area contributed by atoms with Crippen molar-refractivity contribution < 1.29 is 4.74 Å². The average molecular weight is 277 g/mol. The fraction of sp³-hybridized carbons (Fsp3) is 0.688. The Kier molecular flexibility index (Phi) is 4.41. The summed E-state index contributed by atoms with van der Waals surface area (Å²) in [6.07, 6.45) is 3.77. The molecular weight excluding hydrogens is 250 g/mol. The zero-order chi connectivity index (χ0) is 14.8. The summed E-state index contributed by atoms with van der Waals surface area (Å²) in [4.78, 5) is 6.93. The molecule has 2 rings (SSSR count). The van der Waals surface area contributed by atoms with E-state index in [-0.39, 0.29) is 6.10 Å². The maximum atomic E-state index is 5.93. The number of nitrogen functional groups attached to an aromatic ring is 1. The van der Waals surface area contributed by atoms with Crippen molar-refractivity contribution in [2.75, 3.05) is 23.7 Å². The zero-order valence-corrected chi connectivity index (χ0v) is 13.1. The molecule has 2 N–H and O–H groups in total. The van der Waals surface area contributed by atoms with E-state index >= 15 is 0 Å². The van der Waals surface area contributed by atoms with Gasteiger partial charge in [-0.3, -0.25) is 0 Å². The first-order chi connectivity index (χ1) is 9.43. The maximum Gasteiger partial charge on any atom is 0.239 e. The molecule has 1 aliphatic rings. The van der Waals surface area contributed by atoms with Crippen LogP contribution in [0.15, 0.2) is 12.1 Å². The van der Waals surface area contributed by atoms with Gasteiger partial charge in [0.25, 0.3) is 0 Å². The quantitative estimate of drug-likeness (QED) is 0.915. The van der Waals surface area contributed by atoms with E-state index in [9.17, 15) is 0 Å². The van der Waals surface area contributed by atoms with Gasteiger partial charge in [0.1, 0.15) is 5.82 Å². The van der Waals surface area contributed by atoms with Gasteiger partial charge in [-0.2, -0.15) is 4.98 Å². The number of hydrogen-bond acceptors (Lipinski definition) is 4. The molecule has 2 heterocycles. The van der Waals surface area contributed by atoms with Crippen molar-refractivity contribution in [1.29, 1.82) is 0 Å². The van der Waals surface area contributed by atoms with Crippen LogP contribution in [0, 0.1) is 5.41 Å². The first-order valence-corrected chi connectivity index (χ1v) is 7.61. The van der Waals surface area contributed by atoms with Gasteiger partial charge in [0.05, 0.1) is 11.8 Å². The first-order valence-electron chi connectivity index (χ1n) is 7.61. The summed E-state index contributed by atoms with van der Waals surface area (Å²) < 4.78 is 5.68. The zero-order valence-electron chi connectivity index (χ0n) is 13.1. The van der Waals surface area contributed by atoms with Crippen LogP contribution in [0.2, 0.25) is 0 Å². The van der Waals surface area contributed by atoms with E-state index in [4.69, 9.17) is 10.5 Å². The highest BCUT2D eigenvalue weighted by Crippen LogP contribution is 2.36. The van der Waals surface area contributed by atoms with Gasteiger partial charge < -0.3 is 15.4 Å². The lowest BCUT2D eigenvalue weighted by Gasteiger charge is -2.39. The molecule has 0 aromatic carbocycles. The Balaban J connectivity index is 2.10. The van der Waals surface area contributed by atoms with Gasteiger partial charge in [-0.05, 0) is 44.2 Å². The minimum absolute atomic E-state index is 0.0878. The molecule has 112 valence electrons. The predicted octanol–water partition coefficient (Wildman–Crippen LogP) is 3.47. The third-order valence-electron chi connectivity index (χ3n) is 4.37. The third-order valence-corrected chi connectivity index (χ3v) is 4.37. The number of anilines is 2. The second kappa shape index (κ2) is 5.90.